The van der Waals surface area contributed by atoms with E-state index in [0.29, 0.717) is 30.9 Å². The molecule has 0 saturated carbocycles. The Kier molecular flexibility index (Phi) is 5.46. The number of benzene rings is 1. The molecule has 1 unspecified atom stereocenters. The van der Waals surface area contributed by atoms with Crippen LogP contribution in [0.25, 0.3) is 0 Å². The summed E-state index contributed by atoms with van der Waals surface area (Å²) in [5.74, 6) is -0.253. The van der Waals surface area contributed by atoms with Crippen LogP contribution in [0.3, 0.4) is 0 Å². The number of carbonyl (C=O) groups is 1. The van der Waals surface area contributed by atoms with Crippen LogP contribution in [0.15, 0.2) is 36.7 Å². The Morgan fingerprint density at radius 2 is 1.96 bits per heavy atom. The van der Waals surface area contributed by atoms with E-state index >= 15 is 0 Å². The fraction of sp³-hybridized carbons (Fsp3) is 0.353. The summed E-state index contributed by atoms with van der Waals surface area (Å²) in [6.07, 6.45) is 3.65. The normalized spacial score (nSPS) is 18.4. The van der Waals surface area contributed by atoms with Crippen molar-refractivity contribution in [1.82, 2.24) is 15.3 Å². The Hall–Kier alpha value is -2.55. The number of sulfone groups is 1. The Labute approximate surface area is 151 Å². The van der Waals surface area contributed by atoms with Gasteiger partial charge in [-0.3, -0.25) is 4.79 Å². The van der Waals surface area contributed by atoms with Crippen molar-refractivity contribution in [3.8, 4) is 0 Å². The van der Waals surface area contributed by atoms with E-state index in [9.17, 15) is 17.6 Å². The zero-order valence-electron chi connectivity index (χ0n) is 14.0. The number of aromatic nitrogens is 2. The van der Waals surface area contributed by atoms with Crippen LogP contribution in [0, 0.1) is 5.82 Å². The molecule has 1 aromatic carbocycles. The summed E-state index contributed by atoms with van der Waals surface area (Å²) in [7, 11) is -3.05. The molecule has 138 valence electrons. The lowest BCUT2D eigenvalue weighted by atomic mass is 10.1. The minimum atomic E-state index is -3.05. The van der Waals surface area contributed by atoms with E-state index in [1.54, 1.807) is 18.2 Å². The molecule has 0 radical (unpaired) electrons. The molecular weight excluding hydrogens is 359 g/mol. The van der Waals surface area contributed by atoms with Crippen molar-refractivity contribution < 1.29 is 17.6 Å². The van der Waals surface area contributed by atoms with Gasteiger partial charge in [-0.1, -0.05) is 18.2 Å². The van der Waals surface area contributed by atoms with E-state index in [1.807, 2.05) is 0 Å². The molecule has 0 bridgehead atoms. The number of nitrogens with one attached hydrogen (secondary N) is 2. The van der Waals surface area contributed by atoms with Crippen molar-refractivity contribution in [2.45, 2.75) is 18.9 Å². The first-order valence-corrected chi connectivity index (χ1v) is 10.1. The van der Waals surface area contributed by atoms with Gasteiger partial charge in [-0.05, 0) is 24.5 Å². The third kappa shape index (κ3) is 4.75. The molecule has 7 nitrogen and oxygen atoms in total. The van der Waals surface area contributed by atoms with Crippen molar-refractivity contribution in [1.29, 1.82) is 0 Å². The van der Waals surface area contributed by atoms with Gasteiger partial charge in [-0.25, -0.2) is 22.8 Å². The van der Waals surface area contributed by atoms with E-state index in [4.69, 9.17) is 0 Å². The van der Waals surface area contributed by atoms with Crippen LogP contribution in [0.2, 0.25) is 0 Å². The molecule has 9 heteroatoms. The molecule has 2 heterocycles. The minimum absolute atomic E-state index is 0.0325. The second-order valence-corrected chi connectivity index (χ2v) is 8.37. The topological polar surface area (TPSA) is 101 Å². The molecule has 0 aliphatic carbocycles. The number of hydrogen-bond donors (Lipinski definition) is 2. The first kappa shape index (κ1) is 18.2. The molecule has 1 aliphatic rings. The highest BCUT2D eigenvalue weighted by Crippen LogP contribution is 2.12. The lowest BCUT2D eigenvalue weighted by Crippen LogP contribution is -2.35. The van der Waals surface area contributed by atoms with Crippen LogP contribution < -0.4 is 10.6 Å². The lowest BCUT2D eigenvalue weighted by molar-refractivity contribution is 0.0940. The zero-order valence-corrected chi connectivity index (χ0v) is 14.8. The summed E-state index contributed by atoms with van der Waals surface area (Å²) in [6, 6.07) is 6.17. The Morgan fingerprint density at radius 1 is 1.23 bits per heavy atom. The van der Waals surface area contributed by atoms with Crippen molar-refractivity contribution in [3.05, 3.63) is 53.6 Å². The zero-order chi connectivity index (χ0) is 18.6. The second-order valence-electron chi connectivity index (χ2n) is 6.14. The van der Waals surface area contributed by atoms with Crippen LogP contribution >= 0.6 is 0 Å². The number of hydrogen-bond acceptors (Lipinski definition) is 6. The minimum Gasteiger partial charge on any atom is -0.354 e. The number of halogens is 1. The fourth-order valence-electron chi connectivity index (χ4n) is 2.72. The molecule has 1 saturated heterocycles. The molecule has 1 aromatic heterocycles. The van der Waals surface area contributed by atoms with Gasteiger partial charge in [0.2, 0.25) is 5.95 Å². The summed E-state index contributed by atoms with van der Waals surface area (Å²) in [6.45, 7) is 0.451. The van der Waals surface area contributed by atoms with Gasteiger partial charge in [-0.2, -0.15) is 0 Å². The summed E-state index contributed by atoms with van der Waals surface area (Å²) in [4.78, 5) is 20.2. The van der Waals surface area contributed by atoms with Crippen molar-refractivity contribution in [3.63, 3.8) is 0 Å². The Morgan fingerprint density at radius 3 is 2.62 bits per heavy atom. The predicted molar refractivity (Wildman–Crippen MR) is 95.2 cm³/mol. The summed E-state index contributed by atoms with van der Waals surface area (Å²) >= 11 is 0. The third-order valence-corrected chi connectivity index (χ3v) is 5.88. The molecule has 1 amide bonds. The number of anilines is 1. The smallest absolute Gasteiger partial charge is 0.254 e. The maximum Gasteiger partial charge on any atom is 0.254 e. The van der Waals surface area contributed by atoms with E-state index in [-0.39, 0.29) is 28.9 Å². The summed E-state index contributed by atoms with van der Waals surface area (Å²) in [5, 5.41) is 5.65. The second kappa shape index (κ2) is 7.77. The van der Waals surface area contributed by atoms with Gasteiger partial charge < -0.3 is 10.6 Å². The molecule has 1 aliphatic heterocycles. The fourth-order valence-corrected chi connectivity index (χ4v) is 4.40. The Bertz CT molecular complexity index is 887. The third-order valence-electron chi connectivity index (χ3n) is 4.12. The number of carbonyl (C=O) groups excluding carboxylic acids is 1. The van der Waals surface area contributed by atoms with Gasteiger partial charge >= 0.3 is 0 Å². The number of nitrogens with zero attached hydrogens (tertiary/aromatic N) is 2. The van der Waals surface area contributed by atoms with E-state index in [1.165, 1.54) is 18.5 Å². The highest BCUT2D eigenvalue weighted by atomic mass is 32.2. The van der Waals surface area contributed by atoms with Crippen molar-refractivity contribution >= 4 is 21.7 Å². The average Bonchev–Trinajstić information content (AvgIpc) is 2.95. The molecule has 0 spiro atoms. The van der Waals surface area contributed by atoms with E-state index in [2.05, 4.69) is 20.6 Å². The maximum absolute atomic E-state index is 13.5. The average molecular weight is 378 g/mol. The summed E-state index contributed by atoms with van der Waals surface area (Å²) < 4.78 is 36.4. The molecular formula is C17H19FN4O3S. The van der Waals surface area contributed by atoms with Gasteiger partial charge in [0.15, 0.2) is 9.84 Å². The Balaban J connectivity index is 1.50. The van der Waals surface area contributed by atoms with Gasteiger partial charge in [0.25, 0.3) is 5.91 Å². The first-order valence-electron chi connectivity index (χ1n) is 8.23. The van der Waals surface area contributed by atoms with Crippen molar-refractivity contribution in [2.24, 2.45) is 0 Å². The molecule has 1 fully saturated rings. The van der Waals surface area contributed by atoms with Crippen LogP contribution in [-0.4, -0.2) is 48.4 Å². The SMILES string of the molecule is O=C(NC1CCS(=O)(=O)C1)c1cnc(NCCc2ccccc2F)nc1. The number of amides is 1. The monoisotopic (exact) mass is 378 g/mol. The van der Waals surface area contributed by atoms with Gasteiger partial charge in [0, 0.05) is 25.0 Å². The standard InChI is InChI=1S/C17H19FN4O3S/c18-15-4-2-1-3-12(15)5-7-19-17-20-9-13(10-21-17)16(23)22-14-6-8-26(24,25)11-14/h1-4,9-10,14H,5-8,11H2,(H,22,23)(H,19,20,21). The van der Waals surface area contributed by atoms with Gasteiger partial charge in [0.1, 0.15) is 5.82 Å². The highest BCUT2D eigenvalue weighted by molar-refractivity contribution is 7.91. The van der Waals surface area contributed by atoms with E-state index in [0.717, 1.165) is 0 Å². The van der Waals surface area contributed by atoms with Crippen LogP contribution in [0.4, 0.5) is 10.3 Å². The predicted octanol–water partition coefficient (Wildman–Crippen LogP) is 1.19. The molecule has 2 aromatic rings. The van der Waals surface area contributed by atoms with Crippen LogP contribution in [0.1, 0.15) is 22.3 Å². The quantitative estimate of drug-likeness (QED) is 0.783. The van der Waals surface area contributed by atoms with E-state index < -0.39 is 15.7 Å². The molecule has 2 N–H and O–H groups in total. The lowest BCUT2D eigenvalue weighted by Gasteiger charge is -2.11. The number of rotatable bonds is 6. The van der Waals surface area contributed by atoms with Gasteiger partial charge in [-0.15, -0.1) is 0 Å². The maximum atomic E-state index is 13.5. The molecule has 3 rings (SSSR count). The van der Waals surface area contributed by atoms with Crippen LogP contribution in [0.5, 0.6) is 0 Å². The molecule has 1 atom stereocenters. The first-order chi connectivity index (χ1) is 12.4. The van der Waals surface area contributed by atoms with Crippen molar-refractivity contribution in [2.75, 3.05) is 23.4 Å². The van der Waals surface area contributed by atoms with Crippen LogP contribution in [-0.2, 0) is 16.3 Å². The highest BCUT2D eigenvalue weighted by Gasteiger charge is 2.29. The van der Waals surface area contributed by atoms with Gasteiger partial charge in [0.05, 0.1) is 17.1 Å². The molecule has 26 heavy (non-hydrogen) atoms. The largest absolute Gasteiger partial charge is 0.354 e. The summed E-state index contributed by atoms with van der Waals surface area (Å²) in [5.41, 5.74) is 0.858.